The van der Waals surface area contributed by atoms with Crippen molar-refractivity contribution in [1.82, 2.24) is 15.0 Å². The van der Waals surface area contributed by atoms with Gasteiger partial charge in [0.1, 0.15) is 17.2 Å². The summed E-state index contributed by atoms with van der Waals surface area (Å²) in [5, 5.41) is 10.1. The maximum Gasteiger partial charge on any atom is 0.253 e. The summed E-state index contributed by atoms with van der Waals surface area (Å²) in [6.07, 6.45) is 1.57. The van der Waals surface area contributed by atoms with Gasteiger partial charge < -0.3 is 16.0 Å². The molecule has 0 amide bonds. The Morgan fingerprint density at radius 3 is 2.48 bits per heavy atom. The van der Waals surface area contributed by atoms with E-state index in [1.54, 1.807) is 23.6 Å². The number of thiazole rings is 1. The number of nitrogens with one attached hydrogen (secondary N) is 3. The van der Waals surface area contributed by atoms with Gasteiger partial charge in [-0.25, -0.2) is 9.97 Å². The van der Waals surface area contributed by atoms with Gasteiger partial charge in [0.05, 0.1) is 15.2 Å². The normalized spacial score (nSPS) is 11.7. The second kappa shape index (κ2) is 6.93. The largest absolute Gasteiger partial charge is 0.375 e. The van der Waals surface area contributed by atoms with Crippen molar-refractivity contribution in [3.63, 3.8) is 0 Å². The molecule has 0 saturated carbocycles. The summed E-state index contributed by atoms with van der Waals surface area (Å²) in [7, 11) is 0. The molecule has 2 aromatic carbocycles. The van der Waals surface area contributed by atoms with Gasteiger partial charge in [0.25, 0.3) is 10.9 Å². The van der Waals surface area contributed by atoms with Crippen molar-refractivity contribution in [3.8, 4) is 0 Å². The zero-order valence-electron chi connectivity index (χ0n) is 16.5. The summed E-state index contributed by atoms with van der Waals surface area (Å²) in [4.78, 5) is 37.0. The van der Waals surface area contributed by atoms with E-state index in [4.69, 9.17) is 0 Å². The molecule has 148 valence electrons. The van der Waals surface area contributed by atoms with Crippen LogP contribution < -0.4 is 26.8 Å². The van der Waals surface area contributed by atoms with Gasteiger partial charge in [0.2, 0.25) is 5.95 Å². The van der Waals surface area contributed by atoms with Gasteiger partial charge >= 0.3 is 0 Å². The summed E-state index contributed by atoms with van der Waals surface area (Å²) >= 11 is 1.64. The van der Waals surface area contributed by atoms with E-state index < -0.39 is 10.9 Å². The van der Waals surface area contributed by atoms with E-state index in [1.807, 2.05) is 45.9 Å². The first-order chi connectivity index (χ1) is 13.7. The highest BCUT2D eigenvalue weighted by atomic mass is 32.1. The molecule has 0 spiro atoms. The molecule has 0 unspecified atom stereocenters. The van der Waals surface area contributed by atoms with Crippen LogP contribution in [0.4, 0.5) is 28.8 Å². The van der Waals surface area contributed by atoms with Gasteiger partial charge in [-0.15, -0.1) is 11.3 Å². The van der Waals surface area contributed by atoms with E-state index in [0.29, 0.717) is 11.8 Å². The Balaban J connectivity index is 1.56. The number of rotatable bonds is 5. The number of hydrogen-bond donors (Lipinski definition) is 3. The number of fused-ring (bicyclic) bond motifs is 1. The van der Waals surface area contributed by atoms with Crippen LogP contribution in [-0.2, 0) is 0 Å². The molecule has 0 saturated heterocycles. The highest BCUT2D eigenvalue weighted by Crippen LogP contribution is 2.26. The van der Waals surface area contributed by atoms with E-state index >= 15 is 0 Å². The predicted molar refractivity (Wildman–Crippen MR) is 118 cm³/mol. The Bertz CT molecular complexity index is 1280. The minimum atomic E-state index is -0.561. The molecule has 0 fully saturated rings. The maximum atomic E-state index is 12.0. The molecule has 0 aliphatic carbocycles. The van der Waals surface area contributed by atoms with Crippen LogP contribution in [0.15, 0.2) is 40.1 Å². The van der Waals surface area contributed by atoms with Crippen molar-refractivity contribution >= 4 is 50.4 Å². The van der Waals surface area contributed by atoms with E-state index in [-0.39, 0.29) is 16.9 Å². The SMILES string of the molecule is Cc1nc2cc(Nc3nccc(Nc4c(NC(C)(C)C)c(=O)c4=O)n3)ccc2s1. The van der Waals surface area contributed by atoms with Gasteiger partial charge in [-0.1, -0.05) is 0 Å². The van der Waals surface area contributed by atoms with Crippen LogP contribution in [0.1, 0.15) is 25.8 Å². The monoisotopic (exact) mass is 408 g/mol. The summed E-state index contributed by atoms with van der Waals surface area (Å²) in [6.45, 7) is 7.73. The highest BCUT2D eigenvalue weighted by Gasteiger charge is 2.25. The molecule has 2 aromatic heterocycles. The first kappa shape index (κ1) is 19.0. The molecule has 4 aromatic rings. The van der Waals surface area contributed by atoms with Gasteiger partial charge in [-0.3, -0.25) is 9.59 Å². The van der Waals surface area contributed by atoms with Crippen molar-refractivity contribution < 1.29 is 0 Å². The van der Waals surface area contributed by atoms with Gasteiger partial charge in [0.15, 0.2) is 0 Å². The smallest absolute Gasteiger partial charge is 0.253 e. The molecule has 9 heteroatoms. The molecule has 2 heterocycles. The maximum absolute atomic E-state index is 12.0. The molecule has 8 nitrogen and oxygen atoms in total. The number of nitrogens with zero attached hydrogens (tertiary/aromatic N) is 3. The molecule has 3 N–H and O–H groups in total. The first-order valence-electron chi connectivity index (χ1n) is 9.05. The molecule has 29 heavy (non-hydrogen) atoms. The van der Waals surface area contributed by atoms with Crippen LogP contribution in [0, 0.1) is 6.92 Å². The quantitative estimate of drug-likeness (QED) is 0.429. The Morgan fingerprint density at radius 1 is 0.966 bits per heavy atom. The van der Waals surface area contributed by atoms with Crippen LogP contribution in [0.2, 0.25) is 0 Å². The third kappa shape index (κ3) is 3.95. The predicted octanol–water partition coefficient (Wildman–Crippen LogP) is 3.69. The van der Waals surface area contributed by atoms with Gasteiger partial charge in [0, 0.05) is 17.4 Å². The van der Waals surface area contributed by atoms with E-state index in [9.17, 15) is 9.59 Å². The average Bonchev–Trinajstić information content (AvgIpc) is 3.03. The number of anilines is 5. The summed E-state index contributed by atoms with van der Waals surface area (Å²) in [5.74, 6) is 0.780. The van der Waals surface area contributed by atoms with Gasteiger partial charge in [-0.2, -0.15) is 4.98 Å². The minimum absolute atomic E-state index is 0.217. The minimum Gasteiger partial charge on any atom is -0.375 e. The van der Waals surface area contributed by atoms with E-state index in [0.717, 1.165) is 20.9 Å². The van der Waals surface area contributed by atoms with Crippen LogP contribution in [0.3, 0.4) is 0 Å². The zero-order chi connectivity index (χ0) is 20.8. The van der Waals surface area contributed by atoms with Crippen molar-refractivity contribution in [3.05, 3.63) is 55.9 Å². The lowest BCUT2D eigenvalue weighted by molar-refractivity contribution is 0.632. The van der Waals surface area contributed by atoms with Crippen LogP contribution in [0.5, 0.6) is 0 Å². The molecular weight excluding hydrogens is 388 g/mol. The third-order valence-electron chi connectivity index (χ3n) is 4.07. The number of hydrogen-bond acceptors (Lipinski definition) is 9. The average molecular weight is 408 g/mol. The topological polar surface area (TPSA) is 109 Å². The molecule has 0 aliphatic rings. The number of aromatic nitrogens is 3. The lowest BCUT2D eigenvalue weighted by atomic mass is 10.1. The lowest BCUT2D eigenvalue weighted by Crippen LogP contribution is -2.41. The second-order valence-corrected chi connectivity index (χ2v) is 8.95. The van der Waals surface area contributed by atoms with Crippen LogP contribution in [0.25, 0.3) is 10.2 Å². The highest BCUT2D eigenvalue weighted by molar-refractivity contribution is 7.18. The number of benzene rings is 1. The molecule has 4 rings (SSSR count). The molecule has 0 radical (unpaired) electrons. The Hall–Kier alpha value is -3.33. The molecule has 0 aliphatic heterocycles. The third-order valence-corrected chi connectivity index (χ3v) is 5.02. The van der Waals surface area contributed by atoms with Crippen LogP contribution in [-0.4, -0.2) is 20.5 Å². The standard InChI is InChI=1S/C20H20N6O2S/c1-10-22-12-9-11(5-6-13(12)29-10)23-19-21-8-7-14(25-19)24-15-16(18(28)17(15)27)26-20(2,3)4/h5-9,26H,1-4H3,(H2,21,23,24,25). The van der Waals surface area contributed by atoms with Crippen molar-refractivity contribution in [2.45, 2.75) is 33.2 Å². The van der Waals surface area contributed by atoms with Crippen molar-refractivity contribution in [2.24, 2.45) is 0 Å². The van der Waals surface area contributed by atoms with E-state index in [1.165, 1.54) is 0 Å². The van der Waals surface area contributed by atoms with E-state index in [2.05, 4.69) is 30.9 Å². The summed E-state index contributed by atoms with van der Waals surface area (Å²) < 4.78 is 1.11. The molecule has 0 bridgehead atoms. The van der Waals surface area contributed by atoms with Gasteiger partial charge in [-0.05, 0) is 52.0 Å². The fraction of sp³-hybridized carbons (Fsp3) is 0.250. The first-order valence-corrected chi connectivity index (χ1v) is 9.87. The second-order valence-electron chi connectivity index (χ2n) is 7.71. The lowest BCUT2D eigenvalue weighted by Gasteiger charge is -2.24. The van der Waals surface area contributed by atoms with Crippen molar-refractivity contribution in [1.29, 1.82) is 0 Å². The number of aryl methyl sites for hydroxylation is 1. The summed E-state index contributed by atoms with van der Waals surface area (Å²) in [5.41, 5.74) is 0.784. The van der Waals surface area contributed by atoms with Crippen LogP contribution >= 0.6 is 11.3 Å². The molecular formula is C20H20N6O2S. The zero-order valence-corrected chi connectivity index (χ0v) is 17.3. The summed E-state index contributed by atoms with van der Waals surface area (Å²) in [6, 6.07) is 7.50. The Morgan fingerprint density at radius 2 is 1.72 bits per heavy atom. The van der Waals surface area contributed by atoms with Crippen molar-refractivity contribution in [2.75, 3.05) is 16.0 Å². The Kier molecular flexibility index (Phi) is 4.54. The fourth-order valence-corrected chi connectivity index (χ4v) is 3.68. The molecule has 0 atom stereocenters. The fourth-order valence-electron chi connectivity index (χ4n) is 2.87. The Labute approximate surface area is 170 Å².